The van der Waals surface area contributed by atoms with Gasteiger partial charge in [0.25, 0.3) is 0 Å². The molecule has 2 rings (SSSR count). The van der Waals surface area contributed by atoms with E-state index in [2.05, 4.69) is 21.2 Å². The van der Waals surface area contributed by atoms with Crippen molar-refractivity contribution in [2.75, 3.05) is 13.6 Å². The molecule has 6 heteroatoms. The Labute approximate surface area is 123 Å². The lowest BCUT2D eigenvalue weighted by Gasteiger charge is -2.21. The molecule has 19 heavy (non-hydrogen) atoms. The topological polar surface area (TPSA) is 49.4 Å². The second kappa shape index (κ2) is 5.91. The Morgan fingerprint density at radius 1 is 1.47 bits per heavy atom. The van der Waals surface area contributed by atoms with E-state index in [4.69, 9.17) is 0 Å². The maximum Gasteiger partial charge on any atom is 0.244 e. The average molecular weight is 347 g/mol. The van der Waals surface area contributed by atoms with Crippen LogP contribution in [0.5, 0.6) is 0 Å². The van der Waals surface area contributed by atoms with Crippen molar-refractivity contribution in [1.29, 1.82) is 0 Å². The van der Waals surface area contributed by atoms with Gasteiger partial charge in [0, 0.05) is 23.6 Å². The van der Waals surface area contributed by atoms with E-state index in [0.29, 0.717) is 15.9 Å². The predicted molar refractivity (Wildman–Crippen MR) is 79.5 cm³/mol. The van der Waals surface area contributed by atoms with Crippen molar-refractivity contribution in [3.05, 3.63) is 28.2 Å². The van der Waals surface area contributed by atoms with Crippen LogP contribution >= 0.6 is 15.9 Å². The molecule has 106 valence electrons. The highest BCUT2D eigenvalue weighted by molar-refractivity contribution is 9.10. The molecule has 1 aliphatic rings. The van der Waals surface area contributed by atoms with Crippen LogP contribution in [0.2, 0.25) is 0 Å². The van der Waals surface area contributed by atoms with Crippen LogP contribution in [0.4, 0.5) is 0 Å². The lowest BCUT2D eigenvalue weighted by Crippen LogP contribution is -2.33. The van der Waals surface area contributed by atoms with E-state index in [0.717, 1.165) is 24.9 Å². The monoisotopic (exact) mass is 346 g/mol. The summed E-state index contributed by atoms with van der Waals surface area (Å²) in [5, 5.41) is 3.05. The van der Waals surface area contributed by atoms with E-state index < -0.39 is 10.0 Å². The van der Waals surface area contributed by atoms with Gasteiger partial charge in [0.1, 0.15) is 0 Å². The smallest absolute Gasteiger partial charge is 0.244 e. The Morgan fingerprint density at radius 3 is 2.74 bits per heavy atom. The van der Waals surface area contributed by atoms with Gasteiger partial charge in [-0.15, -0.1) is 0 Å². The highest BCUT2D eigenvalue weighted by Gasteiger charge is 2.33. The van der Waals surface area contributed by atoms with Gasteiger partial charge in [0.2, 0.25) is 10.0 Å². The third-order valence-electron chi connectivity index (χ3n) is 3.46. The molecule has 0 aliphatic carbocycles. The molecule has 1 saturated heterocycles. The molecule has 1 aromatic carbocycles. The van der Waals surface area contributed by atoms with Crippen molar-refractivity contribution in [1.82, 2.24) is 9.62 Å². The molecule has 1 heterocycles. The first-order valence-electron chi connectivity index (χ1n) is 6.41. The minimum absolute atomic E-state index is 0.0916. The van der Waals surface area contributed by atoms with Crippen LogP contribution < -0.4 is 5.32 Å². The maximum absolute atomic E-state index is 12.6. The number of sulfonamides is 1. The molecule has 1 aromatic rings. The van der Waals surface area contributed by atoms with Gasteiger partial charge in [0.15, 0.2) is 0 Å². The lowest BCUT2D eigenvalue weighted by molar-refractivity contribution is 0.408. The van der Waals surface area contributed by atoms with Crippen LogP contribution in [0.25, 0.3) is 0 Å². The number of halogens is 1. The molecule has 0 spiro atoms. The minimum Gasteiger partial charge on any atom is -0.316 e. The average Bonchev–Trinajstić information content (AvgIpc) is 2.76. The summed E-state index contributed by atoms with van der Waals surface area (Å²) < 4.78 is 27.5. The van der Waals surface area contributed by atoms with Gasteiger partial charge in [-0.2, -0.15) is 4.31 Å². The van der Waals surface area contributed by atoms with Crippen LogP contribution in [0.1, 0.15) is 25.3 Å². The largest absolute Gasteiger partial charge is 0.316 e. The molecule has 1 N–H and O–H groups in total. The Hall–Kier alpha value is -0.430. The third kappa shape index (κ3) is 3.02. The number of nitrogens with one attached hydrogen (secondary N) is 1. The summed E-state index contributed by atoms with van der Waals surface area (Å²) in [7, 11) is -1.52. The second-order valence-corrected chi connectivity index (χ2v) is 7.62. The van der Waals surface area contributed by atoms with E-state index >= 15 is 0 Å². The van der Waals surface area contributed by atoms with Crippen LogP contribution in [0, 0.1) is 0 Å². The number of rotatable bonds is 4. The lowest BCUT2D eigenvalue weighted by atomic mass is 10.2. The first-order valence-corrected chi connectivity index (χ1v) is 8.65. The van der Waals surface area contributed by atoms with Gasteiger partial charge < -0.3 is 5.32 Å². The number of nitrogens with zero attached hydrogens (tertiary/aromatic N) is 1. The highest BCUT2D eigenvalue weighted by atomic mass is 79.9. The Kier molecular flexibility index (Phi) is 4.66. The first kappa shape index (κ1) is 15.0. The van der Waals surface area contributed by atoms with Gasteiger partial charge in [-0.1, -0.05) is 6.07 Å². The maximum atomic E-state index is 12.6. The van der Waals surface area contributed by atoms with Crippen molar-refractivity contribution in [3.63, 3.8) is 0 Å². The fourth-order valence-corrected chi connectivity index (χ4v) is 5.24. The minimum atomic E-state index is -3.38. The molecule has 1 unspecified atom stereocenters. The Morgan fingerprint density at radius 2 is 2.21 bits per heavy atom. The third-order valence-corrected chi connectivity index (χ3v) is 6.45. The number of hydrogen-bond donors (Lipinski definition) is 1. The van der Waals surface area contributed by atoms with Gasteiger partial charge >= 0.3 is 0 Å². The molecular weight excluding hydrogens is 328 g/mol. The van der Waals surface area contributed by atoms with Crippen molar-refractivity contribution in [2.45, 2.75) is 37.2 Å². The van der Waals surface area contributed by atoms with Gasteiger partial charge in [-0.3, -0.25) is 0 Å². The molecule has 1 atom stereocenters. The SMILES string of the molecule is CNCc1ccc(S(=O)(=O)N2CCCC2C)c(Br)c1. The zero-order chi connectivity index (χ0) is 14.0. The molecule has 0 saturated carbocycles. The molecule has 1 fully saturated rings. The first-order chi connectivity index (χ1) is 8.96. The summed E-state index contributed by atoms with van der Waals surface area (Å²) in [4.78, 5) is 0.362. The zero-order valence-corrected chi connectivity index (χ0v) is 13.6. The van der Waals surface area contributed by atoms with E-state index in [1.807, 2.05) is 26.1 Å². The van der Waals surface area contributed by atoms with Crippen LogP contribution in [0.15, 0.2) is 27.6 Å². The molecule has 4 nitrogen and oxygen atoms in total. The van der Waals surface area contributed by atoms with E-state index in [-0.39, 0.29) is 6.04 Å². The summed E-state index contributed by atoms with van der Waals surface area (Å²) >= 11 is 3.39. The second-order valence-electron chi connectivity index (χ2n) is 4.90. The van der Waals surface area contributed by atoms with Crippen LogP contribution in [-0.4, -0.2) is 32.4 Å². The van der Waals surface area contributed by atoms with E-state index in [1.54, 1.807) is 10.4 Å². The molecule has 0 amide bonds. The molecular formula is C13H19BrN2O2S. The number of hydrogen-bond acceptors (Lipinski definition) is 3. The quantitative estimate of drug-likeness (QED) is 0.910. The summed E-state index contributed by atoms with van der Waals surface area (Å²) in [5.74, 6) is 0. The van der Waals surface area contributed by atoms with E-state index in [9.17, 15) is 8.42 Å². The summed E-state index contributed by atoms with van der Waals surface area (Å²) in [6.07, 6.45) is 1.88. The van der Waals surface area contributed by atoms with Crippen LogP contribution in [-0.2, 0) is 16.6 Å². The zero-order valence-electron chi connectivity index (χ0n) is 11.2. The Balaban J connectivity index is 2.35. The summed E-state index contributed by atoms with van der Waals surface area (Å²) in [6.45, 7) is 3.31. The fraction of sp³-hybridized carbons (Fsp3) is 0.538. The van der Waals surface area contributed by atoms with Crippen molar-refractivity contribution in [2.24, 2.45) is 0 Å². The molecule has 0 aromatic heterocycles. The van der Waals surface area contributed by atoms with Gasteiger partial charge in [0.05, 0.1) is 4.90 Å². The van der Waals surface area contributed by atoms with Crippen molar-refractivity contribution >= 4 is 26.0 Å². The van der Waals surface area contributed by atoms with Crippen LogP contribution in [0.3, 0.4) is 0 Å². The molecule has 1 aliphatic heterocycles. The van der Waals surface area contributed by atoms with Crippen molar-refractivity contribution < 1.29 is 8.42 Å². The van der Waals surface area contributed by atoms with Gasteiger partial charge in [-0.05, 0) is 60.4 Å². The molecule has 0 radical (unpaired) electrons. The fourth-order valence-electron chi connectivity index (χ4n) is 2.46. The number of benzene rings is 1. The highest BCUT2D eigenvalue weighted by Crippen LogP contribution is 2.30. The summed E-state index contributed by atoms with van der Waals surface area (Å²) in [5.41, 5.74) is 1.06. The van der Waals surface area contributed by atoms with E-state index in [1.165, 1.54) is 0 Å². The Bertz CT molecular complexity index is 560. The predicted octanol–water partition coefficient (Wildman–Crippen LogP) is 2.34. The molecule has 0 bridgehead atoms. The van der Waals surface area contributed by atoms with Crippen molar-refractivity contribution in [3.8, 4) is 0 Å². The normalized spacial score (nSPS) is 20.9. The summed E-state index contributed by atoms with van der Waals surface area (Å²) in [6, 6.07) is 5.50. The van der Waals surface area contributed by atoms with Gasteiger partial charge in [-0.25, -0.2) is 8.42 Å². The standard InChI is InChI=1S/C13H19BrN2O2S/c1-10-4-3-7-16(10)19(17,18)13-6-5-11(9-15-2)8-12(13)14/h5-6,8,10,15H,3-4,7,9H2,1-2H3.